The number of hydrogen-bond donors (Lipinski definition) is 5. The summed E-state index contributed by atoms with van der Waals surface area (Å²) in [7, 11) is 0. The zero-order valence-corrected chi connectivity index (χ0v) is 24.5. The third kappa shape index (κ3) is 8.89. The highest BCUT2D eigenvalue weighted by molar-refractivity contribution is 5.51. The van der Waals surface area contributed by atoms with Gasteiger partial charge in [0.15, 0.2) is 0 Å². The third-order valence-corrected chi connectivity index (χ3v) is 9.84. The van der Waals surface area contributed by atoms with E-state index in [0.29, 0.717) is 30.9 Å². The van der Waals surface area contributed by atoms with Crippen LogP contribution >= 0.6 is 0 Å². The number of aliphatic hydroxyl groups excluding tert-OH is 1. The smallest absolute Gasteiger partial charge is 0.226 e. The molecule has 6 N–H and O–H groups in total. The van der Waals surface area contributed by atoms with Crippen molar-refractivity contribution in [1.29, 1.82) is 0 Å². The van der Waals surface area contributed by atoms with Gasteiger partial charge in [-0.05, 0) is 94.7 Å². The number of aliphatic hydroxyl groups is 1. The minimum Gasteiger partial charge on any atom is -0.394 e. The molecule has 4 fully saturated rings. The number of ether oxygens (including phenoxy) is 1. The van der Waals surface area contributed by atoms with Crippen molar-refractivity contribution in [3.05, 3.63) is 6.07 Å². The van der Waals surface area contributed by atoms with E-state index in [-0.39, 0.29) is 6.61 Å². The summed E-state index contributed by atoms with van der Waals surface area (Å²) in [5.74, 6) is 5.57. The maximum absolute atomic E-state index is 8.84. The van der Waals surface area contributed by atoms with E-state index >= 15 is 0 Å². The van der Waals surface area contributed by atoms with E-state index in [1.807, 2.05) is 6.07 Å². The van der Waals surface area contributed by atoms with E-state index in [2.05, 4.69) is 30.7 Å². The molecular formula is C30H54N8O2. The summed E-state index contributed by atoms with van der Waals surface area (Å²) in [5, 5.41) is 19.9. The quantitative estimate of drug-likeness (QED) is 0.193. The van der Waals surface area contributed by atoms with Gasteiger partial charge in [0.25, 0.3) is 0 Å². The molecule has 0 aromatic carbocycles. The fourth-order valence-electron chi connectivity index (χ4n) is 7.43. The first-order valence-electron chi connectivity index (χ1n) is 16.1. The number of hydrogen-bond acceptors (Lipinski definition) is 10. The molecule has 2 bridgehead atoms. The zero-order valence-electron chi connectivity index (χ0n) is 24.5. The molecule has 10 nitrogen and oxygen atoms in total. The van der Waals surface area contributed by atoms with Crippen LogP contribution in [0.15, 0.2) is 6.07 Å². The maximum atomic E-state index is 8.84. The lowest BCUT2D eigenvalue weighted by molar-refractivity contribution is 0.0724. The van der Waals surface area contributed by atoms with E-state index in [9.17, 15) is 0 Å². The lowest BCUT2D eigenvalue weighted by atomic mass is 9.82. The standard InChI is InChI=1S/C30H54N8O2/c31-28-20-29(38-12-10-37(11-13-38)14-16-40-17-15-39)36-30(35-28)34-22-24-4-2-23(3-5-24)21-32-8-1-9-33-27-19-25-6-7-26(27)18-25/h20,23-27,32-33,39H,1-19,21-22H2,(H3,31,34,35,36)/t23?,24?,25-,26?,27?/m1/s1. The van der Waals surface area contributed by atoms with Gasteiger partial charge in [-0.2, -0.15) is 9.97 Å². The highest BCUT2D eigenvalue weighted by atomic mass is 16.5. The molecule has 226 valence electrons. The SMILES string of the molecule is Nc1cc(N2CCN(CCOCCO)CC2)nc(NCC2CCC(CNCCCNC3C[C@@H]4CCC3C4)CC2)n1. The van der Waals surface area contributed by atoms with Crippen LogP contribution in [0.3, 0.4) is 0 Å². The number of anilines is 3. The highest BCUT2D eigenvalue weighted by Crippen LogP contribution is 2.44. The van der Waals surface area contributed by atoms with Crippen LogP contribution in [0.5, 0.6) is 0 Å². The Bertz CT molecular complexity index is 875. The van der Waals surface area contributed by atoms with Crippen LogP contribution in [-0.4, -0.2) is 105 Å². The van der Waals surface area contributed by atoms with Gasteiger partial charge in [-0.25, -0.2) is 0 Å². The van der Waals surface area contributed by atoms with Crippen LogP contribution in [0.1, 0.15) is 57.8 Å². The Morgan fingerprint density at radius 1 is 0.925 bits per heavy atom. The minimum atomic E-state index is 0.0804. The van der Waals surface area contributed by atoms with Gasteiger partial charge in [-0.15, -0.1) is 0 Å². The van der Waals surface area contributed by atoms with Gasteiger partial charge < -0.3 is 36.4 Å². The van der Waals surface area contributed by atoms with Gasteiger partial charge in [0.2, 0.25) is 5.95 Å². The first-order valence-corrected chi connectivity index (χ1v) is 16.1. The van der Waals surface area contributed by atoms with Gasteiger partial charge in [-0.3, -0.25) is 4.90 Å². The lowest BCUT2D eigenvalue weighted by Gasteiger charge is -2.35. The summed E-state index contributed by atoms with van der Waals surface area (Å²) in [4.78, 5) is 14.0. The molecule has 0 spiro atoms. The van der Waals surface area contributed by atoms with Crippen molar-refractivity contribution in [2.45, 2.75) is 63.8 Å². The molecule has 1 saturated heterocycles. The monoisotopic (exact) mass is 558 g/mol. The summed E-state index contributed by atoms with van der Waals surface area (Å²) in [6, 6.07) is 2.70. The van der Waals surface area contributed by atoms with Crippen molar-refractivity contribution < 1.29 is 9.84 Å². The number of piperazine rings is 1. The van der Waals surface area contributed by atoms with Gasteiger partial charge in [0.1, 0.15) is 11.6 Å². The van der Waals surface area contributed by atoms with Crippen LogP contribution in [0.2, 0.25) is 0 Å². The molecule has 2 unspecified atom stereocenters. The predicted octanol–water partition coefficient (Wildman–Crippen LogP) is 2.17. The number of aromatic nitrogens is 2. The first-order chi connectivity index (χ1) is 19.7. The molecule has 3 atom stereocenters. The van der Waals surface area contributed by atoms with E-state index in [4.69, 9.17) is 20.6 Å². The molecule has 0 amide bonds. The van der Waals surface area contributed by atoms with Crippen LogP contribution in [0.25, 0.3) is 0 Å². The van der Waals surface area contributed by atoms with E-state index in [1.165, 1.54) is 70.9 Å². The van der Waals surface area contributed by atoms with Gasteiger partial charge in [0, 0.05) is 51.4 Å². The van der Waals surface area contributed by atoms with Crippen molar-refractivity contribution >= 4 is 17.6 Å². The molecule has 2 heterocycles. The van der Waals surface area contributed by atoms with Crippen LogP contribution in [0.4, 0.5) is 17.6 Å². The Kier molecular flexibility index (Phi) is 11.5. The van der Waals surface area contributed by atoms with Crippen LogP contribution < -0.4 is 26.6 Å². The molecule has 1 aliphatic heterocycles. The molecule has 1 aromatic heterocycles. The Labute approximate surface area is 241 Å². The number of nitrogens with two attached hydrogens (primary N) is 1. The van der Waals surface area contributed by atoms with E-state index in [0.717, 1.165) is 75.4 Å². The van der Waals surface area contributed by atoms with Gasteiger partial charge in [0.05, 0.1) is 19.8 Å². The zero-order chi connectivity index (χ0) is 27.6. The number of nitrogens with zero attached hydrogens (tertiary/aromatic N) is 4. The van der Waals surface area contributed by atoms with Gasteiger partial charge >= 0.3 is 0 Å². The van der Waals surface area contributed by atoms with E-state index < -0.39 is 0 Å². The summed E-state index contributed by atoms with van der Waals surface area (Å²) in [6.45, 7) is 10.2. The van der Waals surface area contributed by atoms with Crippen molar-refractivity contribution in [2.24, 2.45) is 23.7 Å². The Balaban J connectivity index is 0.930. The molecule has 1 aromatic rings. The largest absolute Gasteiger partial charge is 0.394 e. The van der Waals surface area contributed by atoms with Crippen LogP contribution in [0, 0.1) is 23.7 Å². The summed E-state index contributed by atoms with van der Waals surface area (Å²) >= 11 is 0. The fraction of sp³-hybridized carbons (Fsp3) is 0.867. The average Bonchev–Trinajstić information content (AvgIpc) is 3.61. The molecule has 3 aliphatic carbocycles. The molecule has 0 radical (unpaired) electrons. The Morgan fingerprint density at radius 3 is 2.45 bits per heavy atom. The second-order valence-electron chi connectivity index (χ2n) is 12.7. The van der Waals surface area contributed by atoms with Crippen molar-refractivity contribution in [3.63, 3.8) is 0 Å². The minimum absolute atomic E-state index is 0.0804. The molecule has 5 rings (SSSR count). The third-order valence-electron chi connectivity index (χ3n) is 9.84. The first kappa shape index (κ1) is 29.8. The highest BCUT2D eigenvalue weighted by Gasteiger charge is 2.38. The van der Waals surface area contributed by atoms with Crippen LogP contribution in [-0.2, 0) is 4.74 Å². The van der Waals surface area contributed by atoms with E-state index in [1.54, 1.807) is 0 Å². The predicted molar refractivity (Wildman–Crippen MR) is 162 cm³/mol. The number of fused-ring (bicyclic) bond motifs is 2. The topological polar surface area (TPSA) is 124 Å². The molecule has 10 heteroatoms. The van der Waals surface area contributed by atoms with Crippen molar-refractivity contribution in [1.82, 2.24) is 25.5 Å². The number of nitrogens with one attached hydrogen (secondary N) is 3. The summed E-state index contributed by atoms with van der Waals surface area (Å²) < 4.78 is 5.41. The number of rotatable bonds is 16. The summed E-state index contributed by atoms with van der Waals surface area (Å²) in [5.41, 5.74) is 6.16. The second kappa shape index (κ2) is 15.5. The van der Waals surface area contributed by atoms with Gasteiger partial charge in [-0.1, -0.05) is 6.42 Å². The summed E-state index contributed by atoms with van der Waals surface area (Å²) in [6.07, 6.45) is 12.3. The molecule has 40 heavy (non-hydrogen) atoms. The normalized spacial score (nSPS) is 28.8. The maximum Gasteiger partial charge on any atom is 0.226 e. The lowest BCUT2D eigenvalue weighted by Crippen LogP contribution is -2.47. The van der Waals surface area contributed by atoms with Crippen molar-refractivity contribution in [3.8, 4) is 0 Å². The molecular weight excluding hydrogens is 504 g/mol. The Morgan fingerprint density at radius 2 is 1.73 bits per heavy atom. The average molecular weight is 559 g/mol. The second-order valence-corrected chi connectivity index (χ2v) is 12.7. The fourth-order valence-corrected chi connectivity index (χ4v) is 7.43. The van der Waals surface area contributed by atoms with Crippen molar-refractivity contribution in [2.75, 3.05) is 94.7 Å². The molecule has 4 aliphatic rings. The Hall–Kier alpha value is -1.72. The number of nitrogen functional groups attached to an aromatic ring is 1. The molecule has 3 saturated carbocycles.